The molecule has 0 amide bonds. The van der Waals surface area contributed by atoms with Crippen LogP contribution in [0.4, 0.5) is 18.3 Å². The summed E-state index contributed by atoms with van der Waals surface area (Å²) >= 11 is 0.760. The van der Waals surface area contributed by atoms with Crippen molar-refractivity contribution in [3.05, 3.63) is 5.82 Å². The van der Waals surface area contributed by atoms with Crippen molar-refractivity contribution >= 4 is 16.7 Å². The first-order valence-electron chi connectivity index (χ1n) is 4.78. The molecular formula is C8H13F3N4S. The highest BCUT2D eigenvalue weighted by molar-refractivity contribution is 7.09. The van der Waals surface area contributed by atoms with Gasteiger partial charge >= 0.3 is 6.18 Å². The van der Waals surface area contributed by atoms with Crippen molar-refractivity contribution in [3.8, 4) is 0 Å². The van der Waals surface area contributed by atoms with Crippen LogP contribution in [0.5, 0.6) is 0 Å². The van der Waals surface area contributed by atoms with E-state index in [1.807, 2.05) is 6.92 Å². The van der Waals surface area contributed by atoms with Crippen LogP contribution in [-0.2, 0) is 6.18 Å². The Balaban J connectivity index is 2.56. The van der Waals surface area contributed by atoms with Gasteiger partial charge in [0.1, 0.15) is 0 Å². The van der Waals surface area contributed by atoms with Gasteiger partial charge in [-0.15, -0.1) is 0 Å². The summed E-state index contributed by atoms with van der Waals surface area (Å²) in [5, 5.41) is 3.36. The zero-order valence-electron chi connectivity index (χ0n) is 9.01. The van der Waals surface area contributed by atoms with E-state index in [0.29, 0.717) is 13.1 Å². The van der Waals surface area contributed by atoms with Crippen molar-refractivity contribution in [2.45, 2.75) is 13.1 Å². The number of likely N-dealkylation sites (N-methyl/N-ethyl adjacent to an activating group) is 2. The molecule has 0 aliphatic rings. The summed E-state index contributed by atoms with van der Waals surface area (Å²) in [6.07, 6.45) is -4.46. The zero-order valence-corrected chi connectivity index (χ0v) is 9.82. The Hall–Kier alpha value is -0.890. The van der Waals surface area contributed by atoms with Crippen LogP contribution in [0.1, 0.15) is 12.7 Å². The number of aromatic nitrogens is 2. The molecule has 1 heterocycles. The van der Waals surface area contributed by atoms with Gasteiger partial charge in [-0.3, -0.25) is 0 Å². The lowest BCUT2D eigenvalue weighted by Gasteiger charge is -2.14. The van der Waals surface area contributed by atoms with Gasteiger partial charge in [0.25, 0.3) is 0 Å². The number of hydrogen-bond acceptors (Lipinski definition) is 5. The largest absolute Gasteiger partial charge is 0.452 e. The molecule has 92 valence electrons. The first-order chi connectivity index (χ1) is 7.45. The van der Waals surface area contributed by atoms with Gasteiger partial charge in [-0.25, -0.2) is 0 Å². The van der Waals surface area contributed by atoms with Gasteiger partial charge in [0.2, 0.25) is 11.0 Å². The van der Waals surface area contributed by atoms with E-state index >= 15 is 0 Å². The maximum absolute atomic E-state index is 12.2. The molecule has 0 unspecified atom stereocenters. The molecule has 0 spiro atoms. The van der Waals surface area contributed by atoms with Gasteiger partial charge < -0.3 is 10.2 Å². The minimum atomic E-state index is -4.46. The molecular weight excluding hydrogens is 241 g/mol. The summed E-state index contributed by atoms with van der Waals surface area (Å²) in [5.74, 6) is -1.07. The molecule has 0 saturated heterocycles. The predicted octanol–water partition coefficient (Wildman–Crippen LogP) is 1.60. The number of nitrogens with zero attached hydrogens (tertiary/aromatic N) is 3. The number of nitrogens with one attached hydrogen (secondary N) is 1. The van der Waals surface area contributed by atoms with E-state index in [9.17, 15) is 13.2 Å². The third kappa shape index (κ3) is 3.60. The van der Waals surface area contributed by atoms with E-state index in [-0.39, 0.29) is 5.13 Å². The van der Waals surface area contributed by atoms with Crippen molar-refractivity contribution in [1.82, 2.24) is 14.7 Å². The average Bonchev–Trinajstić information content (AvgIpc) is 2.66. The minimum Gasteiger partial charge on any atom is -0.349 e. The van der Waals surface area contributed by atoms with E-state index in [1.165, 1.54) is 0 Å². The first-order valence-corrected chi connectivity index (χ1v) is 5.55. The standard InChI is InChI=1S/C8H13F3N4S/c1-3-12-4-5-15(2)7-13-6(14-16-7)8(9,10)11/h12H,3-5H2,1-2H3. The smallest absolute Gasteiger partial charge is 0.349 e. The van der Waals surface area contributed by atoms with Crippen LogP contribution in [0.2, 0.25) is 0 Å². The lowest BCUT2D eigenvalue weighted by atomic mass is 10.5. The van der Waals surface area contributed by atoms with Crippen molar-refractivity contribution < 1.29 is 13.2 Å². The Morgan fingerprint density at radius 1 is 1.44 bits per heavy atom. The Morgan fingerprint density at radius 3 is 2.62 bits per heavy atom. The molecule has 1 aromatic heterocycles. The van der Waals surface area contributed by atoms with Gasteiger partial charge in [0.15, 0.2) is 0 Å². The third-order valence-electron chi connectivity index (χ3n) is 1.87. The molecule has 0 bridgehead atoms. The number of rotatable bonds is 5. The summed E-state index contributed by atoms with van der Waals surface area (Å²) < 4.78 is 39.9. The average molecular weight is 254 g/mol. The molecule has 0 aromatic carbocycles. The van der Waals surface area contributed by atoms with E-state index in [2.05, 4.69) is 14.7 Å². The highest BCUT2D eigenvalue weighted by Crippen LogP contribution is 2.29. The monoisotopic (exact) mass is 254 g/mol. The van der Waals surface area contributed by atoms with Crippen molar-refractivity contribution in [3.63, 3.8) is 0 Å². The summed E-state index contributed by atoms with van der Waals surface area (Å²) in [4.78, 5) is 5.09. The Bertz CT molecular complexity index is 325. The molecule has 0 radical (unpaired) electrons. The summed E-state index contributed by atoms with van der Waals surface area (Å²) in [6.45, 7) is 4.10. The van der Waals surface area contributed by atoms with Gasteiger partial charge in [-0.1, -0.05) is 6.92 Å². The normalized spacial score (nSPS) is 11.8. The Morgan fingerprint density at radius 2 is 2.12 bits per heavy atom. The van der Waals surface area contributed by atoms with Crippen molar-refractivity contribution in [2.24, 2.45) is 0 Å². The van der Waals surface area contributed by atoms with Crippen molar-refractivity contribution in [2.75, 3.05) is 31.6 Å². The second-order valence-electron chi connectivity index (χ2n) is 3.17. The van der Waals surface area contributed by atoms with E-state index in [1.54, 1.807) is 11.9 Å². The Kier molecular flexibility index (Phi) is 4.48. The molecule has 1 N–H and O–H groups in total. The maximum atomic E-state index is 12.2. The number of halogens is 3. The topological polar surface area (TPSA) is 41.0 Å². The van der Waals surface area contributed by atoms with Gasteiger partial charge in [0.05, 0.1) is 0 Å². The van der Waals surface area contributed by atoms with Crippen molar-refractivity contribution in [1.29, 1.82) is 0 Å². The second-order valence-corrected chi connectivity index (χ2v) is 3.90. The fraction of sp³-hybridized carbons (Fsp3) is 0.750. The summed E-state index contributed by atoms with van der Waals surface area (Å²) in [6, 6.07) is 0. The highest BCUT2D eigenvalue weighted by atomic mass is 32.1. The van der Waals surface area contributed by atoms with E-state index in [0.717, 1.165) is 18.1 Å². The van der Waals surface area contributed by atoms with Crippen LogP contribution in [0.25, 0.3) is 0 Å². The number of anilines is 1. The van der Waals surface area contributed by atoms with Crippen LogP contribution < -0.4 is 10.2 Å². The van der Waals surface area contributed by atoms with E-state index in [4.69, 9.17) is 0 Å². The van der Waals surface area contributed by atoms with Gasteiger partial charge in [-0.2, -0.15) is 22.5 Å². The predicted molar refractivity (Wildman–Crippen MR) is 56.7 cm³/mol. The molecule has 0 fully saturated rings. The van der Waals surface area contributed by atoms with Crippen LogP contribution in [0.3, 0.4) is 0 Å². The highest BCUT2D eigenvalue weighted by Gasteiger charge is 2.36. The fourth-order valence-corrected chi connectivity index (χ4v) is 1.68. The fourth-order valence-electron chi connectivity index (χ4n) is 1.00. The lowest BCUT2D eigenvalue weighted by Crippen LogP contribution is -2.28. The molecule has 0 saturated carbocycles. The maximum Gasteiger partial charge on any atom is 0.452 e. The molecule has 0 atom stereocenters. The second kappa shape index (κ2) is 5.44. The zero-order chi connectivity index (χ0) is 12.2. The SMILES string of the molecule is CCNCCN(C)c1nc(C(F)(F)F)ns1. The first kappa shape index (κ1) is 13.2. The molecule has 0 aliphatic carbocycles. The third-order valence-corrected chi connectivity index (χ3v) is 2.70. The number of hydrogen-bond donors (Lipinski definition) is 1. The van der Waals surface area contributed by atoms with Crippen LogP contribution in [-0.4, -0.2) is 36.0 Å². The van der Waals surface area contributed by atoms with Gasteiger partial charge in [0, 0.05) is 31.7 Å². The molecule has 0 aliphatic heterocycles. The summed E-state index contributed by atoms with van der Waals surface area (Å²) in [5.41, 5.74) is 0. The molecule has 1 rings (SSSR count). The quantitative estimate of drug-likeness (QED) is 0.810. The minimum absolute atomic E-state index is 0.283. The Labute approximate surface area is 95.6 Å². The molecule has 16 heavy (non-hydrogen) atoms. The molecule has 1 aromatic rings. The molecule has 8 heteroatoms. The van der Waals surface area contributed by atoms with Gasteiger partial charge in [-0.05, 0) is 6.54 Å². The summed E-state index contributed by atoms with van der Waals surface area (Å²) in [7, 11) is 1.69. The van der Waals surface area contributed by atoms with Crippen LogP contribution in [0, 0.1) is 0 Å². The number of alkyl halides is 3. The lowest BCUT2D eigenvalue weighted by molar-refractivity contribution is -0.144. The van der Waals surface area contributed by atoms with Crippen LogP contribution >= 0.6 is 11.5 Å². The van der Waals surface area contributed by atoms with E-state index < -0.39 is 12.0 Å². The van der Waals surface area contributed by atoms with Crippen LogP contribution in [0.15, 0.2) is 0 Å². The molecule has 4 nitrogen and oxygen atoms in total.